The third kappa shape index (κ3) is 4.66. The SMILES string of the molecule is Nc1ncnc2c1ncn2[C@@H]1O[C@H](COP(=O)(O)O[C@@H]2C[C@@H](CO)O[C@H]2n2cnc3c(=O)[nH]cnc32)[C@@H](O)[C@H]1O. The van der Waals surface area contributed by atoms with Gasteiger partial charge in [-0.2, -0.15) is 0 Å². The van der Waals surface area contributed by atoms with Crippen molar-refractivity contribution in [2.45, 2.75) is 49.4 Å². The van der Waals surface area contributed by atoms with Gasteiger partial charge in [0.15, 0.2) is 35.1 Å². The highest BCUT2D eigenvalue weighted by atomic mass is 31.2. The van der Waals surface area contributed by atoms with E-state index < -0.39 is 69.6 Å². The summed E-state index contributed by atoms with van der Waals surface area (Å²) in [6, 6.07) is 0. The summed E-state index contributed by atoms with van der Waals surface area (Å²) in [7, 11) is -4.82. The van der Waals surface area contributed by atoms with Crippen LogP contribution in [0, 0.1) is 0 Å². The number of phosphoric acid groups is 1. The van der Waals surface area contributed by atoms with Gasteiger partial charge in [0, 0.05) is 6.42 Å². The quantitative estimate of drug-likeness (QED) is 0.122. The zero-order chi connectivity index (χ0) is 28.2. The van der Waals surface area contributed by atoms with Crippen molar-refractivity contribution in [1.82, 2.24) is 39.0 Å². The van der Waals surface area contributed by atoms with E-state index in [1.807, 2.05) is 0 Å². The first kappa shape index (κ1) is 26.8. The summed E-state index contributed by atoms with van der Waals surface area (Å²) in [6.07, 6.45) is -3.40. The van der Waals surface area contributed by atoms with Gasteiger partial charge in [0.25, 0.3) is 5.56 Å². The minimum absolute atomic E-state index is 0.0000255. The van der Waals surface area contributed by atoms with Crippen molar-refractivity contribution in [3.8, 4) is 0 Å². The van der Waals surface area contributed by atoms with Crippen LogP contribution in [0.25, 0.3) is 22.3 Å². The number of hydrogen-bond donors (Lipinski definition) is 6. The van der Waals surface area contributed by atoms with Gasteiger partial charge in [-0.05, 0) is 0 Å². The van der Waals surface area contributed by atoms with Crippen LogP contribution in [0.3, 0.4) is 0 Å². The first-order chi connectivity index (χ1) is 19.2. The van der Waals surface area contributed by atoms with E-state index in [1.54, 1.807) is 0 Å². The monoisotopic (exact) mass is 581 g/mol. The number of phosphoric ester groups is 1. The molecule has 0 amide bonds. The van der Waals surface area contributed by atoms with Crippen molar-refractivity contribution in [3.63, 3.8) is 0 Å². The number of hydrogen-bond acceptors (Lipinski definition) is 15. The molecule has 19 nitrogen and oxygen atoms in total. The second kappa shape index (κ2) is 10.2. The van der Waals surface area contributed by atoms with Crippen molar-refractivity contribution in [2.75, 3.05) is 18.9 Å². The Morgan fingerprint density at radius 3 is 2.55 bits per heavy atom. The van der Waals surface area contributed by atoms with Gasteiger partial charge in [-0.1, -0.05) is 0 Å². The van der Waals surface area contributed by atoms with Crippen molar-refractivity contribution in [2.24, 2.45) is 0 Å². The van der Waals surface area contributed by atoms with E-state index in [9.17, 15) is 29.6 Å². The molecule has 0 aromatic carbocycles. The Kier molecular flexibility index (Phi) is 6.85. The third-order valence-corrected chi connectivity index (χ3v) is 7.67. The molecule has 0 radical (unpaired) electrons. The molecule has 4 aromatic rings. The summed E-state index contributed by atoms with van der Waals surface area (Å²) in [5.74, 6) is 0.110. The van der Waals surface area contributed by atoms with E-state index in [-0.39, 0.29) is 34.6 Å². The lowest BCUT2D eigenvalue weighted by Crippen LogP contribution is -2.33. The predicted octanol–water partition coefficient (Wildman–Crippen LogP) is -2.06. The smallest absolute Gasteiger partial charge is 0.394 e. The van der Waals surface area contributed by atoms with Gasteiger partial charge in [-0.3, -0.25) is 23.0 Å². The molecule has 4 aromatic heterocycles. The maximum absolute atomic E-state index is 12.9. The van der Waals surface area contributed by atoms with E-state index in [2.05, 4.69) is 29.9 Å². The molecule has 1 unspecified atom stereocenters. The van der Waals surface area contributed by atoms with Crippen LogP contribution in [0.4, 0.5) is 5.82 Å². The maximum atomic E-state index is 12.9. The molecule has 20 heteroatoms. The number of fused-ring (bicyclic) bond motifs is 2. The minimum atomic E-state index is -4.82. The molecule has 6 rings (SSSR count). The van der Waals surface area contributed by atoms with Crippen LogP contribution < -0.4 is 11.3 Å². The highest BCUT2D eigenvalue weighted by Crippen LogP contribution is 2.50. The number of imidazole rings is 2. The zero-order valence-corrected chi connectivity index (χ0v) is 21.3. The van der Waals surface area contributed by atoms with Crippen LogP contribution in [0.1, 0.15) is 18.9 Å². The number of ether oxygens (including phenoxy) is 2. The second-order valence-electron chi connectivity index (χ2n) is 9.16. The van der Waals surface area contributed by atoms with Gasteiger partial charge >= 0.3 is 7.82 Å². The van der Waals surface area contributed by atoms with Crippen LogP contribution in [-0.4, -0.2) is 103 Å². The van der Waals surface area contributed by atoms with Crippen molar-refractivity contribution in [1.29, 1.82) is 0 Å². The van der Waals surface area contributed by atoms with Gasteiger partial charge in [-0.25, -0.2) is 29.5 Å². The molecule has 2 aliphatic heterocycles. The fourth-order valence-corrected chi connectivity index (χ4v) is 5.67. The van der Waals surface area contributed by atoms with Gasteiger partial charge < -0.3 is 40.4 Å². The number of nitrogen functional groups attached to an aromatic ring is 1. The molecule has 0 spiro atoms. The molecular formula is C20H24N9O10P. The Bertz CT molecular complexity index is 1640. The molecule has 2 saturated heterocycles. The van der Waals surface area contributed by atoms with E-state index in [0.717, 1.165) is 0 Å². The van der Waals surface area contributed by atoms with Crippen LogP contribution in [0.5, 0.6) is 0 Å². The molecular weight excluding hydrogens is 557 g/mol. The normalized spacial score (nSPS) is 30.4. The van der Waals surface area contributed by atoms with Gasteiger partial charge in [0.05, 0.1) is 38.3 Å². The Balaban J connectivity index is 1.16. The van der Waals surface area contributed by atoms with Crippen LogP contribution >= 0.6 is 7.82 Å². The van der Waals surface area contributed by atoms with Crippen LogP contribution in [0.2, 0.25) is 0 Å². The summed E-state index contributed by atoms with van der Waals surface area (Å²) < 4.78 is 37.6. The van der Waals surface area contributed by atoms with Crippen molar-refractivity contribution >= 4 is 36.0 Å². The second-order valence-corrected chi connectivity index (χ2v) is 10.6. The van der Waals surface area contributed by atoms with Crippen molar-refractivity contribution < 1.29 is 43.3 Å². The Labute approximate surface area is 222 Å². The average molecular weight is 581 g/mol. The molecule has 0 saturated carbocycles. The molecule has 7 N–H and O–H groups in total. The van der Waals surface area contributed by atoms with Gasteiger partial charge in [0.2, 0.25) is 0 Å². The number of aromatic amines is 1. The van der Waals surface area contributed by atoms with E-state index >= 15 is 0 Å². The lowest BCUT2D eigenvalue weighted by atomic mass is 10.1. The van der Waals surface area contributed by atoms with E-state index in [0.29, 0.717) is 0 Å². The summed E-state index contributed by atoms with van der Waals surface area (Å²) in [5, 5.41) is 30.7. The fraction of sp³-hybridized carbons (Fsp3) is 0.500. The van der Waals surface area contributed by atoms with Crippen LogP contribution in [0.15, 0.2) is 30.1 Å². The molecule has 0 bridgehead atoms. The number of nitrogens with zero attached hydrogens (tertiary/aromatic N) is 7. The van der Waals surface area contributed by atoms with Crippen molar-refractivity contribution in [3.05, 3.63) is 35.7 Å². The number of rotatable bonds is 8. The number of nitrogens with one attached hydrogen (secondary N) is 1. The summed E-state index contributed by atoms with van der Waals surface area (Å²) in [6.45, 7) is -1.05. The third-order valence-electron chi connectivity index (χ3n) is 6.66. The molecule has 6 heterocycles. The average Bonchev–Trinajstić information content (AvgIpc) is 3.69. The Morgan fingerprint density at radius 1 is 1.05 bits per heavy atom. The van der Waals surface area contributed by atoms with E-state index in [1.165, 1.54) is 34.4 Å². The lowest BCUT2D eigenvalue weighted by Gasteiger charge is -2.23. The van der Waals surface area contributed by atoms with Gasteiger partial charge in [-0.15, -0.1) is 0 Å². The largest absolute Gasteiger partial charge is 0.472 e. The molecule has 0 aliphatic carbocycles. The predicted molar refractivity (Wildman–Crippen MR) is 130 cm³/mol. The molecule has 2 aliphatic rings. The Hall–Kier alpha value is -3.39. The molecule has 2 fully saturated rings. The minimum Gasteiger partial charge on any atom is -0.394 e. The first-order valence-corrected chi connectivity index (χ1v) is 13.4. The summed E-state index contributed by atoms with van der Waals surface area (Å²) in [4.78, 5) is 45.0. The van der Waals surface area contributed by atoms with E-state index in [4.69, 9.17) is 24.3 Å². The summed E-state index contributed by atoms with van der Waals surface area (Å²) >= 11 is 0. The van der Waals surface area contributed by atoms with Gasteiger partial charge in [0.1, 0.15) is 36.3 Å². The fourth-order valence-electron chi connectivity index (χ4n) is 4.74. The Morgan fingerprint density at radius 2 is 1.77 bits per heavy atom. The molecule has 214 valence electrons. The zero-order valence-electron chi connectivity index (χ0n) is 20.4. The van der Waals surface area contributed by atoms with Crippen LogP contribution in [-0.2, 0) is 23.1 Å². The standard InChI is InChI=1S/C20H24N9O10P/c21-15-11-16(23-4-22-15)29(6-26-11)20-14(32)13(31)10(38-20)3-36-40(34,35)39-9-1-8(2-30)37-19(9)28-7-27-12-17(28)24-5-25-18(12)33/h4-10,13-14,19-20,30-32H,1-3H2,(H,34,35)(H2,21,22,23)(H,24,25,33)/t8-,9+,10+,13+,14+,19+,20+/m0/s1. The maximum Gasteiger partial charge on any atom is 0.472 e. The highest BCUT2D eigenvalue weighted by molar-refractivity contribution is 7.47. The number of H-pyrrole nitrogens is 1. The number of aromatic nitrogens is 8. The number of nitrogens with two attached hydrogens (primary N) is 1. The highest BCUT2D eigenvalue weighted by Gasteiger charge is 2.47. The number of anilines is 1. The first-order valence-electron chi connectivity index (χ1n) is 11.9. The lowest BCUT2D eigenvalue weighted by molar-refractivity contribution is -0.0615. The topological polar surface area (TPSA) is 268 Å². The molecule has 40 heavy (non-hydrogen) atoms. The summed E-state index contributed by atoms with van der Waals surface area (Å²) in [5.41, 5.74) is 5.96. The molecule has 8 atom stereocenters. The number of aliphatic hydroxyl groups is 3. The number of aliphatic hydroxyl groups excluding tert-OH is 3.